The van der Waals surface area contributed by atoms with Gasteiger partial charge in [-0.1, -0.05) is 42.5 Å². The van der Waals surface area contributed by atoms with Gasteiger partial charge in [0, 0.05) is 38.6 Å². The molecule has 28 heavy (non-hydrogen) atoms. The number of hydrogen-bond acceptors (Lipinski definition) is 2. The highest BCUT2D eigenvalue weighted by Gasteiger charge is 2.16. The van der Waals surface area contributed by atoms with Crippen molar-refractivity contribution in [1.29, 1.82) is 0 Å². The number of rotatable bonds is 0. The molecule has 4 aromatic heterocycles. The standard InChI is InChI=1S/C24H14N4/c1-3-7-18-14(5-1)15-9-10-17-22(23(15)26-18)16-6-2-4-8-20(16)28-21-13-25-12-11-19(21)27-24(17)28/h1-13,26H. The number of benzene rings is 3. The van der Waals surface area contributed by atoms with Crippen LogP contribution in [0.5, 0.6) is 0 Å². The molecule has 3 aromatic carbocycles. The molecule has 0 spiro atoms. The molecule has 0 fully saturated rings. The molecule has 0 atom stereocenters. The van der Waals surface area contributed by atoms with Crippen molar-refractivity contribution in [2.75, 3.05) is 0 Å². The van der Waals surface area contributed by atoms with E-state index < -0.39 is 0 Å². The number of para-hydroxylation sites is 2. The summed E-state index contributed by atoms with van der Waals surface area (Å²) in [5, 5.41) is 6.08. The van der Waals surface area contributed by atoms with E-state index in [0.29, 0.717) is 0 Å². The molecule has 7 aromatic rings. The third-order valence-electron chi connectivity index (χ3n) is 5.79. The van der Waals surface area contributed by atoms with E-state index in [4.69, 9.17) is 4.98 Å². The quantitative estimate of drug-likeness (QED) is 0.347. The molecule has 7 rings (SSSR count). The molecule has 0 saturated heterocycles. The molecular weight excluding hydrogens is 344 g/mol. The van der Waals surface area contributed by atoms with Crippen LogP contribution in [0.2, 0.25) is 0 Å². The molecule has 0 aliphatic rings. The zero-order valence-corrected chi connectivity index (χ0v) is 14.8. The number of H-pyrrole nitrogens is 1. The fraction of sp³-hybridized carbons (Fsp3) is 0. The molecule has 4 heterocycles. The van der Waals surface area contributed by atoms with E-state index in [2.05, 4.69) is 75.0 Å². The van der Waals surface area contributed by atoms with Crippen LogP contribution in [0.1, 0.15) is 0 Å². The van der Waals surface area contributed by atoms with Gasteiger partial charge in [-0.3, -0.25) is 9.38 Å². The lowest BCUT2D eigenvalue weighted by Crippen LogP contribution is -1.92. The first-order chi connectivity index (χ1) is 13.9. The Morgan fingerprint density at radius 2 is 1.54 bits per heavy atom. The Bertz CT molecular complexity index is 1720. The van der Waals surface area contributed by atoms with Crippen LogP contribution in [0.4, 0.5) is 0 Å². The van der Waals surface area contributed by atoms with Crippen LogP contribution in [0, 0.1) is 0 Å². The van der Waals surface area contributed by atoms with Crippen LogP contribution in [-0.4, -0.2) is 19.4 Å². The van der Waals surface area contributed by atoms with Crippen molar-refractivity contribution in [2.24, 2.45) is 0 Å². The van der Waals surface area contributed by atoms with Crippen molar-refractivity contribution in [1.82, 2.24) is 19.4 Å². The topological polar surface area (TPSA) is 46.0 Å². The summed E-state index contributed by atoms with van der Waals surface area (Å²) >= 11 is 0. The van der Waals surface area contributed by atoms with Gasteiger partial charge in [-0.2, -0.15) is 0 Å². The largest absolute Gasteiger partial charge is 0.354 e. The highest BCUT2D eigenvalue weighted by atomic mass is 15.0. The smallest absolute Gasteiger partial charge is 0.146 e. The normalized spacial score (nSPS) is 12.3. The minimum atomic E-state index is 0.962. The molecule has 0 radical (unpaired) electrons. The van der Waals surface area contributed by atoms with Crippen LogP contribution in [0.3, 0.4) is 0 Å². The molecular formula is C24H14N4. The first kappa shape index (κ1) is 14.2. The first-order valence-electron chi connectivity index (χ1n) is 9.36. The molecule has 4 heteroatoms. The van der Waals surface area contributed by atoms with Gasteiger partial charge in [0.1, 0.15) is 5.65 Å². The van der Waals surface area contributed by atoms with E-state index in [9.17, 15) is 0 Å². The van der Waals surface area contributed by atoms with Gasteiger partial charge in [0.05, 0.1) is 28.3 Å². The second-order valence-corrected chi connectivity index (χ2v) is 7.23. The van der Waals surface area contributed by atoms with Gasteiger partial charge in [0.15, 0.2) is 0 Å². The van der Waals surface area contributed by atoms with Gasteiger partial charge in [0.25, 0.3) is 0 Å². The Morgan fingerprint density at radius 3 is 2.50 bits per heavy atom. The molecule has 0 unspecified atom stereocenters. The van der Waals surface area contributed by atoms with Crippen molar-refractivity contribution in [2.45, 2.75) is 0 Å². The molecule has 0 saturated carbocycles. The number of nitrogens with zero attached hydrogens (tertiary/aromatic N) is 3. The zero-order chi connectivity index (χ0) is 18.2. The predicted molar refractivity (Wildman–Crippen MR) is 115 cm³/mol. The third-order valence-corrected chi connectivity index (χ3v) is 5.79. The lowest BCUT2D eigenvalue weighted by molar-refractivity contribution is 1.28. The molecule has 0 aliphatic heterocycles. The van der Waals surface area contributed by atoms with Crippen LogP contribution in [-0.2, 0) is 0 Å². The lowest BCUT2D eigenvalue weighted by Gasteiger charge is -2.09. The van der Waals surface area contributed by atoms with Crippen LogP contribution < -0.4 is 0 Å². The minimum Gasteiger partial charge on any atom is -0.354 e. The van der Waals surface area contributed by atoms with Gasteiger partial charge in [-0.05, 0) is 24.3 Å². The molecule has 130 valence electrons. The van der Waals surface area contributed by atoms with Crippen molar-refractivity contribution in [3.8, 4) is 0 Å². The minimum absolute atomic E-state index is 0.962. The third kappa shape index (κ3) is 1.61. The second-order valence-electron chi connectivity index (χ2n) is 7.23. The Labute approximate surface area is 159 Å². The summed E-state index contributed by atoms with van der Waals surface area (Å²) in [6.45, 7) is 0. The lowest BCUT2D eigenvalue weighted by atomic mass is 10.0. The van der Waals surface area contributed by atoms with Crippen molar-refractivity contribution >= 4 is 60.2 Å². The summed E-state index contributed by atoms with van der Waals surface area (Å²) in [5.74, 6) is 0. The number of hydrogen-bond donors (Lipinski definition) is 1. The summed E-state index contributed by atoms with van der Waals surface area (Å²) in [6, 6.07) is 23.4. The Balaban J connectivity index is 1.87. The average Bonchev–Trinajstić information content (AvgIpc) is 3.32. The SMILES string of the molecule is c1ccc2c(c1)[nH]c1c2ccc2c1c1ccccc1n1c3cnccc3nc21. The Morgan fingerprint density at radius 1 is 0.714 bits per heavy atom. The molecule has 0 aliphatic carbocycles. The fourth-order valence-electron chi connectivity index (χ4n) is 4.61. The Hall–Kier alpha value is -3.92. The number of nitrogens with one attached hydrogen (secondary N) is 1. The summed E-state index contributed by atoms with van der Waals surface area (Å²) in [6.07, 6.45) is 3.70. The van der Waals surface area contributed by atoms with Gasteiger partial charge < -0.3 is 4.98 Å². The maximum atomic E-state index is 4.96. The van der Waals surface area contributed by atoms with Crippen molar-refractivity contribution < 1.29 is 0 Å². The van der Waals surface area contributed by atoms with Gasteiger partial charge in [-0.25, -0.2) is 4.98 Å². The van der Waals surface area contributed by atoms with Crippen molar-refractivity contribution in [3.05, 3.63) is 79.1 Å². The molecule has 0 amide bonds. The number of imidazole rings is 1. The molecule has 4 nitrogen and oxygen atoms in total. The summed E-state index contributed by atoms with van der Waals surface area (Å²) in [4.78, 5) is 13.0. The van der Waals surface area contributed by atoms with E-state index in [1.165, 1.54) is 27.1 Å². The van der Waals surface area contributed by atoms with E-state index in [1.807, 2.05) is 12.3 Å². The highest BCUT2D eigenvalue weighted by Crippen LogP contribution is 2.38. The van der Waals surface area contributed by atoms with E-state index in [1.54, 1.807) is 6.20 Å². The zero-order valence-electron chi connectivity index (χ0n) is 14.8. The van der Waals surface area contributed by atoms with Crippen LogP contribution >= 0.6 is 0 Å². The number of pyridine rings is 2. The monoisotopic (exact) mass is 358 g/mol. The van der Waals surface area contributed by atoms with Crippen molar-refractivity contribution in [3.63, 3.8) is 0 Å². The Kier molecular flexibility index (Phi) is 2.46. The number of aromatic nitrogens is 4. The number of aromatic amines is 1. The van der Waals surface area contributed by atoms with Crippen LogP contribution in [0.25, 0.3) is 60.2 Å². The molecule has 1 N–H and O–H groups in total. The van der Waals surface area contributed by atoms with E-state index >= 15 is 0 Å². The predicted octanol–water partition coefficient (Wildman–Crippen LogP) is 5.82. The fourth-order valence-corrected chi connectivity index (χ4v) is 4.61. The second kappa shape index (κ2) is 4.87. The first-order valence-corrected chi connectivity index (χ1v) is 9.36. The van der Waals surface area contributed by atoms with Crippen LogP contribution in [0.15, 0.2) is 79.1 Å². The summed E-state index contributed by atoms with van der Waals surface area (Å²) in [5.41, 5.74) is 6.44. The van der Waals surface area contributed by atoms with Gasteiger partial charge in [0.2, 0.25) is 0 Å². The number of fused-ring (bicyclic) bond motifs is 12. The van der Waals surface area contributed by atoms with E-state index in [0.717, 1.165) is 33.1 Å². The van der Waals surface area contributed by atoms with Gasteiger partial charge >= 0.3 is 0 Å². The average molecular weight is 358 g/mol. The van der Waals surface area contributed by atoms with E-state index in [-0.39, 0.29) is 0 Å². The maximum absolute atomic E-state index is 4.96. The summed E-state index contributed by atoms with van der Waals surface area (Å²) in [7, 11) is 0. The summed E-state index contributed by atoms with van der Waals surface area (Å²) < 4.78 is 2.23. The van der Waals surface area contributed by atoms with Gasteiger partial charge in [-0.15, -0.1) is 0 Å². The highest BCUT2D eigenvalue weighted by molar-refractivity contribution is 6.26. The molecule has 0 bridgehead atoms. The maximum Gasteiger partial charge on any atom is 0.146 e.